The van der Waals surface area contributed by atoms with Gasteiger partial charge in [0.25, 0.3) is 5.91 Å². The molecule has 0 saturated carbocycles. The summed E-state index contributed by atoms with van der Waals surface area (Å²) in [6.07, 6.45) is 0.147. The van der Waals surface area contributed by atoms with Crippen LogP contribution in [0.1, 0.15) is 16.8 Å². The number of amides is 1. The van der Waals surface area contributed by atoms with Crippen molar-refractivity contribution < 1.29 is 14.7 Å². The van der Waals surface area contributed by atoms with Crippen molar-refractivity contribution in [3.8, 4) is 0 Å². The lowest BCUT2D eigenvalue weighted by molar-refractivity contribution is -0.139. The van der Waals surface area contributed by atoms with Crippen LogP contribution < -0.4 is 5.32 Å². The Labute approximate surface area is 107 Å². The van der Waals surface area contributed by atoms with Crippen LogP contribution in [0.15, 0.2) is 41.4 Å². The first kappa shape index (κ1) is 13.4. The van der Waals surface area contributed by atoms with Gasteiger partial charge in [-0.3, -0.25) is 4.79 Å². The first-order valence-electron chi connectivity index (χ1n) is 4.92. The predicted molar refractivity (Wildman–Crippen MR) is 68.0 cm³/mol. The summed E-state index contributed by atoms with van der Waals surface area (Å²) in [5, 5.41) is 11.4. The van der Waals surface area contributed by atoms with Crippen molar-refractivity contribution in [1.29, 1.82) is 0 Å². The van der Waals surface area contributed by atoms with E-state index in [0.29, 0.717) is 10.0 Å². The Morgan fingerprint density at radius 1 is 1.35 bits per heavy atom. The number of carbonyl (C=O) groups excluding carboxylic acids is 1. The van der Waals surface area contributed by atoms with Crippen LogP contribution in [0.4, 0.5) is 0 Å². The molecule has 17 heavy (non-hydrogen) atoms. The summed E-state index contributed by atoms with van der Waals surface area (Å²) < 4.78 is 0.526. The number of hydrogen-bond acceptors (Lipinski definition) is 2. The molecule has 4 nitrogen and oxygen atoms in total. The molecule has 0 aliphatic heterocycles. The average molecular weight is 298 g/mol. The largest absolute Gasteiger partial charge is 0.480 e. The number of halogens is 1. The molecule has 0 unspecified atom stereocenters. The highest BCUT2D eigenvalue weighted by atomic mass is 79.9. The van der Waals surface area contributed by atoms with E-state index < -0.39 is 17.9 Å². The van der Waals surface area contributed by atoms with E-state index in [2.05, 4.69) is 27.8 Å². The molecular formula is C12H12BrNO3. The molecule has 0 radical (unpaired) electrons. The van der Waals surface area contributed by atoms with Crippen molar-refractivity contribution in [1.82, 2.24) is 5.32 Å². The van der Waals surface area contributed by atoms with Gasteiger partial charge in [0, 0.05) is 12.0 Å². The second-order valence-corrected chi connectivity index (χ2v) is 4.57. The predicted octanol–water partition coefficient (Wildman–Crippen LogP) is 2.17. The molecule has 1 amide bonds. The maximum atomic E-state index is 11.7. The van der Waals surface area contributed by atoms with Crippen molar-refractivity contribution in [3.63, 3.8) is 0 Å². The molecule has 90 valence electrons. The lowest BCUT2D eigenvalue weighted by Gasteiger charge is -2.13. The molecule has 5 heteroatoms. The quantitative estimate of drug-likeness (QED) is 0.875. The molecule has 1 rings (SSSR count). The van der Waals surface area contributed by atoms with Gasteiger partial charge in [-0.2, -0.15) is 0 Å². The van der Waals surface area contributed by atoms with Crippen LogP contribution >= 0.6 is 15.9 Å². The minimum Gasteiger partial charge on any atom is -0.480 e. The van der Waals surface area contributed by atoms with Crippen molar-refractivity contribution in [3.05, 3.63) is 47.0 Å². The number of carboxylic acid groups (broad SMARTS) is 1. The van der Waals surface area contributed by atoms with Crippen LogP contribution in [0.25, 0.3) is 0 Å². The third-order valence-electron chi connectivity index (χ3n) is 2.07. The normalized spacial score (nSPS) is 11.6. The molecule has 1 aromatic carbocycles. The van der Waals surface area contributed by atoms with Crippen molar-refractivity contribution in [2.45, 2.75) is 12.5 Å². The Kier molecular flexibility index (Phi) is 4.90. The lowest BCUT2D eigenvalue weighted by atomic mass is 10.1. The molecule has 0 spiro atoms. The van der Waals surface area contributed by atoms with Gasteiger partial charge in [-0.05, 0) is 16.6 Å². The van der Waals surface area contributed by atoms with E-state index in [1.54, 1.807) is 30.3 Å². The van der Waals surface area contributed by atoms with Gasteiger partial charge in [-0.25, -0.2) is 4.79 Å². The van der Waals surface area contributed by atoms with Gasteiger partial charge >= 0.3 is 5.97 Å². The fourth-order valence-corrected chi connectivity index (χ4v) is 1.58. The monoisotopic (exact) mass is 297 g/mol. The minimum absolute atomic E-state index is 0.147. The maximum absolute atomic E-state index is 11.7. The molecule has 0 saturated heterocycles. The van der Waals surface area contributed by atoms with E-state index in [4.69, 9.17) is 5.11 Å². The smallest absolute Gasteiger partial charge is 0.326 e. The van der Waals surface area contributed by atoms with E-state index >= 15 is 0 Å². The van der Waals surface area contributed by atoms with Crippen LogP contribution in [-0.4, -0.2) is 23.0 Å². The van der Waals surface area contributed by atoms with E-state index in [9.17, 15) is 9.59 Å². The first-order valence-corrected chi connectivity index (χ1v) is 5.72. The summed E-state index contributed by atoms with van der Waals surface area (Å²) in [6, 6.07) is 7.48. The lowest BCUT2D eigenvalue weighted by Crippen LogP contribution is -2.40. The fraction of sp³-hybridized carbons (Fsp3) is 0.167. The highest BCUT2D eigenvalue weighted by Crippen LogP contribution is 2.11. The SMILES string of the molecule is C=C(Br)C[C@H](NC(=O)c1ccccc1)C(=O)O. The number of carbonyl (C=O) groups is 2. The van der Waals surface area contributed by atoms with Crippen molar-refractivity contribution >= 4 is 27.8 Å². The minimum atomic E-state index is -1.09. The number of aliphatic carboxylic acids is 1. The highest BCUT2D eigenvalue weighted by Gasteiger charge is 2.20. The number of hydrogen-bond donors (Lipinski definition) is 2. The van der Waals surface area contributed by atoms with Crippen LogP contribution in [0.3, 0.4) is 0 Å². The maximum Gasteiger partial charge on any atom is 0.326 e. The summed E-state index contributed by atoms with van der Waals surface area (Å²) in [5.41, 5.74) is 0.430. The second kappa shape index (κ2) is 6.20. The molecule has 1 atom stereocenters. The highest BCUT2D eigenvalue weighted by molar-refractivity contribution is 9.11. The van der Waals surface area contributed by atoms with E-state index in [1.165, 1.54) is 0 Å². The number of rotatable bonds is 5. The van der Waals surface area contributed by atoms with Crippen LogP contribution in [-0.2, 0) is 4.79 Å². The molecule has 0 aromatic heterocycles. The van der Waals surface area contributed by atoms with Crippen LogP contribution in [0.2, 0.25) is 0 Å². The van der Waals surface area contributed by atoms with Gasteiger partial charge in [-0.1, -0.05) is 40.7 Å². The third kappa shape index (κ3) is 4.40. The summed E-state index contributed by atoms with van der Waals surface area (Å²) >= 11 is 3.08. The Morgan fingerprint density at radius 3 is 2.41 bits per heavy atom. The zero-order valence-electron chi connectivity index (χ0n) is 9.02. The summed E-state index contributed by atoms with van der Waals surface area (Å²) in [5.74, 6) is -1.50. The van der Waals surface area contributed by atoms with Gasteiger partial charge in [0.15, 0.2) is 0 Å². The summed E-state index contributed by atoms with van der Waals surface area (Å²) in [6.45, 7) is 3.56. The molecule has 0 heterocycles. The molecule has 2 N–H and O–H groups in total. The summed E-state index contributed by atoms with van der Waals surface area (Å²) in [7, 11) is 0. The number of carboxylic acids is 1. The molecule has 1 aromatic rings. The molecular weight excluding hydrogens is 286 g/mol. The van der Waals surface area contributed by atoms with Gasteiger partial charge in [0.05, 0.1) is 0 Å². The standard InChI is InChI=1S/C12H12BrNO3/c1-8(13)7-10(12(16)17)14-11(15)9-5-3-2-4-6-9/h2-6,10H,1,7H2,(H,14,15)(H,16,17)/t10-/m0/s1. The summed E-state index contributed by atoms with van der Waals surface area (Å²) in [4.78, 5) is 22.6. The van der Waals surface area contributed by atoms with Crippen LogP contribution in [0, 0.1) is 0 Å². The molecule has 0 aliphatic carbocycles. The van der Waals surface area contributed by atoms with Gasteiger partial charge in [0.1, 0.15) is 6.04 Å². The number of benzene rings is 1. The topological polar surface area (TPSA) is 66.4 Å². The zero-order valence-corrected chi connectivity index (χ0v) is 10.6. The van der Waals surface area contributed by atoms with Crippen molar-refractivity contribution in [2.75, 3.05) is 0 Å². The molecule has 0 bridgehead atoms. The number of nitrogens with one attached hydrogen (secondary N) is 1. The zero-order chi connectivity index (χ0) is 12.8. The fourth-order valence-electron chi connectivity index (χ4n) is 1.25. The Hall–Kier alpha value is -1.62. The van der Waals surface area contributed by atoms with Gasteiger partial charge in [-0.15, -0.1) is 0 Å². The third-order valence-corrected chi connectivity index (χ3v) is 2.39. The molecule has 0 fully saturated rings. The van der Waals surface area contributed by atoms with E-state index in [0.717, 1.165) is 0 Å². The van der Waals surface area contributed by atoms with Gasteiger partial charge < -0.3 is 10.4 Å². The first-order chi connectivity index (χ1) is 8.00. The van der Waals surface area contributed by atoms with Crippen LogP contribution in [0.5, 0.6) is 0 Å². The molecule has 0 aliphatic rings. The second-order valence-electron chi connectivity index (χ2n) is 3.45. The van der Waals surface area contributed by atoms with E-state index in [-0.39, 0.29) is 6.42 Å². The Balaban J connectivity index is 2.71. The van der Waals surface area contributed by atoms with Crippen molar-refractivity contribution in [2.24, 2.45) is 0 Å². The average Bonchev–Trinajstić information content (AvgIpc) is 2.28. The van der Waals surface area contributed by atoms with Gasteiger partial charge in [0.2, 0.25) is 0 Å². The Morgan fingerprint density at radius 2 is 1.94 bits per heavy atom. The van der Waals surface area contributed by atoms with E-state index in [1.807, 2.05) is 0 Å². The Bertz CT molecular complexity index is 431.